The van der Waals surface area contributed by atoms with Gasteiger partial charge in [0.2, 0.25) is 0 Å². The highest BCUT2D eigenvalue weighted by atomic mass is 32.1. The largest absolute Gasteiger partial charge is 0.322 e. The molecular weight excluding hydrogens is 247 g/mol. The zero-order valence-electron chi connectivity index (χ0n) is 10.3. The minimum Gasteiger partial charge on any atom is -0.322 e. The molecule has 2 nitrogen and oxygen atoms in total. The van der Waals surface area contributed by atoms with E-state index < -0.39 is 0 Å². The van der Waals surface area contributed by atoms with E-state index in [9.17, 15) is 4.39 Å². The number of rotatable bonds is 5. The van der Waals surface area contributed by atoms with Gasteiger partial charge in [-0.3, -0.25) is 0 Å². The van der Waals surface area contributed by atoms with Gasteiger partial charge in [-0.15, -0.1) is 11.3 Å². The van der Waals surface area contributed by atoms with Crippen molar-refractivity contribution in [2.75, 3.05) is 13.6 Å². The first-order chi connectivity index (χ1) is 8.66. The maximum absolute atomic E-state index is 13.5. The van der Waals surface area contributed by atoms with Crippen LogP contribution in [0.2, 0.25) is 0 Å². The molecule has 0 amide bonds. The molecule has 0 spiro atoms. The lowest BCUT2D eigenvalue weighted by atomic mass is 10.2. The quantitative estimate of drug-likeness (QED) is 0.899. The average molecular weight is 264 g/mol. The van der Waals surface area contributed by atoms with Crippen LogP contribution in [0.4, 0.5) is 4.39 Å². The second-order valence-electron chi connectivity index (χ2n) is 4.41. The van der Waals surface area contributed by atoms with E-state index in [1.165, 1.54) is 6.07 Å². The monoisotopic (exact) mass is 264 g/mol. The zero-order chi connectivity index (χ0) is 13.0. The number of nitrogens with zero attached hydrogens (tertiary/aromatic N) is 1. The Morgan fingerprint density at radius 3 is 2.72 bits per heavy atom. The normalized spacial score (nSPS) is 12.9. The van der Waals surface area contributed by atoms with Crippen molar-refractivity contribution >= 4 is 11.3 Å². The molecule has 0 saturated heterocycles. The van der Waals surface area contributed by atoms with E-state index in [2.05, 4.69) is 0 Å². The summed E-state index contributed by atoms with van der Waals surface area (Å²) >= 11 is 1.66. The average Bonchev–Trinajstić information content (AvgIpc) is 2.85. The Morgan fingerprint density at radius 2 is 2.06 bits per heavy atom. The molecule has 2 aromatic rings. The number of hydrogen-bond acceptors (Lipinski definition) is 3. The molecule has 0 radical (unpaired) electrons. The molecule has 0 bridgehead atoms. The molecule has 1 atom stereocenters. The third-order valence-corrected chi connectivity index (χ3v) is 3.82. The van der Waals surface area contributed by atoms with Crippen molar-refractivity contribution in [3.63, 3.8) is 0 Å². The van der Waals surface area contributed by atoms with E-state index >= 15 is 0 Å². The van der Waals surface area contributed by atoms with E-state index in [1.54, 1.807) is 17.4 Å². The summed E-state index contributed by atoms with van der Waals surface area (Å²) in [7, 11) is 1.96. The van der Waals surface area contributed by atoms with Crippen LogP contribution < -0.4 is 5.73 Å². The molecule has 1 heterocycles. The van der Waals surface area contributed by atoms with Crippen molar-refractivity contribution in [1.29, 1.82) is 0 Å². The molecule has 2 N–H and O–H groups in total. The van der Waals surface area contributed by atoms with Crippen LogP contribution in [-0.4, -0.2) is 18.5 Å². The van der Waals surface area contributed by atoms with Crippen LogP contribution >= 0.6 is 11.3 Å². The van der Waals surface area contributed by atoms with Gasteiger partial charge in [0.05, 0.1) is 6.04 Å². The van der Waals surface area contributed by atoms with Gasteiger partial charge < -0.3 is 10.6 Å². The molecule has 0 fully saturated rings. The maximum atomic E-state index is 13.5. The summed E-state index contributed by atoms with van der Waals surface area (Å²) in [5.41, 5.74) is 6.81. The predicted molar refractivity (Wildman–Crippen MR) is 74.0 cm³/mol. The van der Waals surface area contributed by atoms with Crippen molar-refractivity contribution in [3.05, 3.63) is 58.0 Å². The van der Waals surface area contributed by atoms with E-state index in [0.29, 0.717) is 12.1 Å². The van der Waals surface area contributed by atoms with Crippen molar-refractivity contribution in [1.82, 2.24) is 4.90 Å². The first-order valence-electron chi connectivity index (χ1n) is 5.87. The Kier molecular flexibility index (Phi) is 4.47. The molecule has 1 unspecified atom stereocenters. The van der Waals surface area contributed by atoms with Gasteiger partial charge in [0.15, 0.2) is 0 Å². The molecule has 1 aromatic carbocycles. The third kappa shape index (κ3) is 3.38. The van der Waals surface area contributed by atoms with Crippen LogP contribution in [0.15, 0.2) is 41.8 Å². The van der Waals surface area contributed by atoms with E-state index in [4.69, 9.17) is 5.73 Å². The van der Waals surface area contributed by atoms with Crippen LogP contribution in [0.25, 0.3) is 0 Å². The van der Waals surface area contributed by atoms with E-state index in [-0.39, 0.29) is 11.9 Å². The number of hydrogen-bond donors (Lipinski definition) is 1. The summed E-state index contributed by atoms with van der Waals surface area (Å²) < 4.78 is 13.5. The van der Waals surface area contributed by atoms with E-state index in [0.717, 1.165) is 11.4 Å². The fourth-order valence-corrected chi connectivity index (χ4v) is 2.63. The van der Waals surface area contributed by atoms with Crippen LogP contribution in [0.1, 0.15) is 16.5 Å². The van der Waals surface area contributed by atoms with Gasteiger partial charge in [-0.25, -0.2) is 4.39 Å². The number of likely N-dealkylation sites (N-methyl/N-ethyl adjacent to an activating group) is 1. The molecule has 96 valence electrons. The summed E-state index contributed by atoms with van der Waals surface area (Å²) in [5.74, 6) is -0.158. The zero-order valence-corrected chi connectivity index (χ0v) is 11.2. The third-order valence-electron chi connectivity index (χ3n) is 2.82. The summed E-state index contributed by atoms with van der Waals surface area (Å²) in [4.78, 5) is 3.21. The summed E-state index contributed by atoms with van der Waals surface area (Å²) in [5, 5.41) is 2.02. The van der Waals surface area contributed by atoms with Gasteiger partial charge in [0.25, 0.3) is 0 Å². The maximum Gasteiger partial charge on any atom is 0.127 e. The van der Waals surface area contributed by atoms with E-state index in [1.807, 2.05) is 41.6 Å². The van der Waals surface area contributed by atoms with Gasteiger partial charge in [0, 0.05) is 23.5 Å². The Hall–Kier alpha value is -1.23. The standard InChI is InChI=1S/C14H17FN2S/c1-17(9-11-5-2-3-6-12(11)15)10-13(16)14-7-4-8-18-14/h2-8,13H,9-10,16H2,1H3. The highest BCUT2D eigenvalue weighted by molar-refractivity contribution is 7.10. The minimum atomic E-state index is -0.158. The first-order valence-corrected chi connectivity index (χ1v) is 6.75. The lowest BCUT2D eigenvalue weighted by Crippen LogP contribution is -2.28. The highest BCUT2D eigenvalue weighted by Crippen LogP contribution is 2.18. The van der Waals surface area contributed by atoms with Crippen LogP contribution in [0, 0.1) is 5.82 Å². The molecule has 0 saturated carbocycles. The molecule has 18 heavy (non-hydrogen) atoms. The van der Waals surface area contributed by atoms with Crippen molar-refractivity contribution < 1.29 is 4.39 Å². The number of thiophene rings is 1. The Labute approximate surface area is 111 Å². The van der Waals surface area contributed by atoms with Crippen LogP contribution in [0.5, 0.6) is 0 Å². The Balaban J connectivity index is 1.93. The topological polar surface area (TPSA) is 29.3 Å². The molecule has 4 heteroatoms. The van der Waals surface area contributed by atoms with Gasteiger partial charge >= 0.3 is 0 Å². The molecule has 0 aliphatic rings. The Morgan fingerprint density at radius 1 is 1.28 bits per heavy atom. The lowest BCUT2D eigenvalue weighted by molar-refractivity contribution is 0.302. The van der Waals surface area contributed by atoms with Gasteiger partial charge in [0.1, 0.15) is 5.82 Å². The van der Waals surface area contributed by atoms with Gasteiger partial charge in [-0.05, 0) is 24.6 Å². The summed E-state index contributed by atoms with van der Waals surface area (Å²) in [6.45, 7) is 1.29. The SMILES string of the molecule is CN(Cc1ccccc1F)CC(N)c1cccs1. The molecular formula is C14H17FN2S. The van der Waals surface area contributed by atoms with Crippen molar-refractivity contribution in [3.8, 4) is 0 Å². The predicted octanol–water partition coefficient (Wildman–Crippen LogP) is 3.02. The first kappa shape index (κ1) is 13.2. The number of nitrogens with two attached hydrogens (primary N) is 1. The second-order valence-corrected chi connectivity index (χ2v) is 5.39. The van der Waals surface area contributed by atoms with Crippen molar-refractivity contribution in [2.45, 2.75) is 12.6 Å². The summed E-state index contributed by atoms with van der Waals surface area (Å²) in [6, 6.07) is 10.9. The fraction of sp³-hybridized carbons (Fsp3) is 0.286. The van der Waals surface area contributed by atoms with Gasteiger partial charge in [-0.1, -0.05) is 24.3 Å². The second kappa shape index (κ2) is 6.09. The summed E-state index contributed by atoms with van der Waals surface area (Å²) in [6.07, 6.45) is 0. The Bertz CT molecular complexity index is 484. The molecule has 2 rings (SSSR count). The molecule has 1 aromatic heterocycles. The highest BCUT2D eigenvalue weighted by Gasteiger charge is 2.11. The smallest absolute Gasteiger partial charge is 0.127 e. The lowest BCUT2D eigenvalue weighted by Gasteiger charge is -2.20. The fourth-order valence-electron chi connectivity index (χ4n) is 1.91. The van der Waals surface area contributed by atoms with Crippen LogP contribution in [-0.2, 0) is 6.54 Å². The minimum absolute atomic E-state index is 0.0122. The molecule has 0 aliphatic heterocycles. The van der Waals surface area contributed by atoms with Crippen LogP contribution in [0.3, 0.4) is 0 Å². The van der Waals surface area contributed by atoms with Crippen molar-refractivity contribution in [2.24, 2.45) is 5.73 Å². The van der Waals surface area contributed by atoms with Gasteiger partial charge in [-0.2, -0.15) is 0 Å². The number of halogens is 1. The molecule has 0 aliphatic carbocycles. The number of benzene rings is 1.